The molecule has 0 bridgehead atoms. The second kappa shape index (κ2) is 14.9. The van der Waals surface area contributed by atoms with Crippen molar-refractivity contribution in [3.8, 4) is 22.3 Å². The zero-order chi connectivity index (χ0) is 36.1. The summed E-state index contributed by atoms with van der Waals surface area (Å²) in [6, 6.07) is 33.4. The highest BCUT2D eigenvalue weighted by Gasteiger charge is 2.30. The summed E-state index contributed by atoms with van der Waals surface area (Å²) >= 11 is 0. The van der Waals surface area contributed by atoms with E-state index in [1.165, 1.54) is 20.3 Å². The summed E-state index contributed by atoms with van der Waals surface area (Å²) in [5.41, 5.74) is 16.9. The summed E-state index contributed by atoms with van der Waals surface area (Å²) in [5.74, 6) is 0. The summed E-state index contributed by atoms with van der Waals surface area (Å²) in [5, 5.41) is 35.4. The van der Waals surface area contributed by atoms with Gasteiger partial charge in [0, 0.05) is 37.5 Å². The van der Waals surface area contributed by atoms with Crippen LogP contribution in [0.5, 0.6) is 0 Å². The van der Waals surface area contributed by atoms with Gasteiger partial charge >= 0.3 is 10.2 Å². The van der Waals surface area contributed by atoms with Crippen molar-refractivity contribution in [2.45, 2.75) is 25.0 Å². The molecule has 6 N–H and O–H groups in total. The van der Waals surface area contributed by atoms with Crippen molar-refractivity contribution in [1.29, 1.82) is 0 Å². The Morgan fingerprint density at radius 1 is 0.760 bits per heavy atom. The fraction of sp³-hybridized carbons (Fsp3) is 0.211. The van der Waals surface area contributed by atoms with Crippen LogP contribution in [-0.4, -0.2) is 64.4 Å². The minimum absolute atomic E-state index is 0.0150. The Balaban J connectivity index is 0.000000200. The van der Waals surface area contributed by atoms with E-state index < -0.39 is 21.4 Å². The molecule has 12 heteroatoms. The monoisotopic (exact) mass is 692 g/mol. The minimum Gasteiger partial charge on any atom is -0.842 e. The Hall–Kier alpha value is -4.95. The maximum Gasteiger partial charge on any atom is 0.322 e. The number of aromatic nitrogens is 4. The SMILES string of the molecule is Cc1[nH]ncc1-c1ccc(C([O-])(CN)c2ccccc2)cc1.Cc1nn(S(=O)(=O)N(C)C)cc1-c1ccc(C(O)(CN)c2ccccc2)cc1. The molecule has 6 aromatic rings. The molecule has 2 heterocycles. The van der Waals surface area contributed by atoms with Crippen LogP contribution in [0.2, 0.25) is 0 Å². The Morgan fingerprint density at radius 3 is 1.72 bits per heavy atom. The van der Waals surface area contributed by atoms with Gasteiger partial charge in [-0.25, -0.2) is 0 Å². The molecule has 6 rings (SSSR count). The number of aliphatic hydroxyl groups is 1. The number of aryl methyl sites for hydroxylation is 2. The molecule has 0 aliphatic carbocycles. The maximum atomic E-state index is 13.2. The van der Waals surface area contributed by atoms with Gasteiger partial charge in [-0.15, -0.1) is 0 Å². The van der Waals surface area contributed by atoms with Crippen molar-refractivity contribution < 1.29 is 18.6 Å². The third kappa shape index (κ3) is 7.17. The van der Waals surface area contributed by atoms with E-state index in [-0.39, 0.29) is 13.1 Å². The largest absolute Gasteiger partial charge is 0.842 e. The van der Waals surface area contributed by atoms with E-state index in [1.807, 2.05) is 104 Å². The topological polar surface area (TPSA) is 179 Å². The van der Waals surface area contributed by atoms with Gasteiger partial charge in [-0.1, -0.05) is 120 Å². The molecule has 11 nitrogen and oxygen atoms in total. The van der Waals surface area contributed by atoms with E-state index in [9.17, 15) is 18.6 Å². The molecule has 260 valence electrons. The average Bonchev–Trinajstić information content (AvgIpc) is 3.77. The lowest BCUT2D eigenvalue weighted by Gasteiger charge is -2.40. The Bertz CT molecular complexity index is 2120. The van der Waals surface area contributed by atoms with E-state index in [0.717, 1.165) is 30.8 Å². The molecule has 0 saturated heterocycles. The van der Waals surface area contributed by atoms with Crippen molar-refractivity contribution in [3.63, 3.8) is 0 Å². The highest BCUT2D eigenvalue weighted by molar-refractivity contribution is 7.87. The van der Waals surface area contributed by atoms with Gasteiger partial charge in [0.15, 0.2) is 0 Å². The van der Waals surface area contributed by atoms with Crippen LogP contribution >= 0.6 is 0 Å². The smallest absolute Gasteiger partial charge is 0.322 e. The number of benzene rings is 4. The number of hydrogen-bond donors (Lipinski definition) is 4. The zero-order valence-corrected chi connectivity index (χ0v) is 29.3. The molecular formula is C38H42N7O4S-. The van der Waals surface area contributed by atoms with Crippen molar-refractivity contribution in [2.24, 2.45) is 11.5 Å². The van der Waals surface area contributed by atoms with E-state index >= 15 is 0 Å². The molecule has 0 fully saturated rings. The number of H-pyrrole nitrogens is 1. The molecule has 0 aliphatic rings. The van der Waals surface area contributed by atoms with Gasteiger partial charge in [-0.3, -0.25) is 5.10 Å². The van der Waals surface area contributed by atoms with E-state index in [2.05, 4.69) is 15.3 Å². The quantitative estimate of drug-likeness (QED) is 0.168. The summed E-state index contributed by atoms with van der Waals surface area (Å²) in [6.45, 7) is 3.78. The number of nitrogens with zero attached hydrogens (tertiary/aromatic N) is 4. The second-order valence-corrected chi connectivity index (χ2v) is 14.2. The van der Waals surface area contributed by atoms with Crippen LogP contribution in [0.25, 0.3) is 22.3 Å². The fourth-order valence-electron chi connectivity index (χ4n) is 5.72. The van der Waals surface area contributed by atoms with Crippen LogP contribution in [0.4, 0.5) is 0 Å². The molecule has 4 aromatic carbocycles. The van der Waals surface area contributed by atoms with Crippen LogP contribution in [0, 0.1) is 13.8 Å². The first kappa shape index (κ1) is 36.3. The van der Waals surface area contributed by atoms with Crippen LogP contribution in [-0.2, 0) is 21.4 Å². The molecule has 0 saturated carbocycles. The number of rotatable bonds is 10. The molecule has 2 aromatic heterocycles. The minimum atomic E-state index is -3.68. The highest BCUT2D eigenvalue weighted by Crippen LogP contribution is 2.32. The highest BCUT2D eigenvalue weighted by atomic mass is 32.2. The van der Waals surface area contributed by atoms with Crippen molar-refractivity contribution in [2.75, 3.05) is 27.2 Å². The maximum absolute atomic E-state index is 13.2. The van der Waals surface area contributed by atoms with Crippen LogP contribution in [0.15, 0.2) is 122 Å². The molecule has 50 heavy (non-hydrogen) atoms. The van der Waals surface area contributed by atoms with Crippen molar-refractivity contribution in [3.05, 3.63) is 155 Å². The van der Waals surface area contributed by atoms with Gasteiger partial charge < -0.3 is 21.7 Å². The van der Waals surface area contributed by atoms with Crippen molar-refractivity contribution >= 4 is 10.2 Å². The Morgan fingerprint density at radius 2 is 1.24 bits per heavy atom. The Kier molecular flexibility index (Phi) is 10.8. The van der Waals surface area contributed by atoms with Crippen LogP contribution in [0.3, 0.4) is 0 Å². The van der Waals surface area contributed by atoms with Gasteiger partial charge in [0.1, 0.15) is 5.60 Å². The predicted molar refractivity (Wildman–Crippen MR) is 194 cm³/mol. The summed E-state index contributed by atoms with van der Waals surface area (Å²) in [6.07, 6.45) is 3.28. The van der Waals surface area contributed by atoms with Gasteiger partial charge in [0.2, 0.25) is 0 Å². The standard InChI is InChI=1S/C20H24N4O3S.C18H18N3O/c1-15-19(13-24(22-15)28(26,27)23(2)3)16-9-11-18(12-10-16)20(25,14-21)17-7-5-4-6-8-17;1-13-17(11-20-21-13)14-7-9-16(10-8-14)18(22,12-19)15-5-3-2-4-6-15/h4-13,25H,14,21H2,1-3H3;2-11H,12,19H2,1H3,(H,20,21)/q;-1. The van der Waals surface area contributed by atoms with Crippen molar-refractivity contribution in [1.82, 2.24) is 23.7 Å². The molecule has 2 atom stereocenters. The first-order valence-corrected chi connectivity index (χ1v) is 17.4. The van der Waals surface area contributed by atoms with Gasteiger partial charge in [0.25, 0.3) is 0 Å². The lowest BCUT2D eigenvalue weighted by atomic mass is 9.86. The van der Waals surface area contributed by atoms with Crippen LogP contribution in [0.1, 0.15) is 33.6 Å². The Labute approximate surface area is 293 Å². The lowest BCUT2D eigenvalue weighted by Crippen LogP contribution is -2.48. The number of aromatic amines is 1. The van der Waals surface area contributed by atoms with Gasteiger partial charge in [0.05, 0.1) is 18.1 Å². The molecule has 0 aliphatic heterocycles. The summed E-state index contributed by atoms with van der Waals surface area (Å²) in [4.78, 5) is 0. The predicted octanol–water partition coefficient (Wildman–Crippen LogP) is 3.66. The first-order valence-electron chi connectivity index (χ1n) is 16.0. The van der Waals surface area contributed by atoms with Gasteiger partial charge in [-0.2, -0.15) is 27.0 Å². The van der Waals surface area contributed by atoms with E-state index in [1.54, 1.807) is 25.3 Å². The van der Waals surface area contributed by atoms with Gasteiger partial charge in [-0.05, 0) is 48.2 Å². The third-order valence-corrected chi connectivity index (χ3v) is 10.4. The third-order valence-electron chi connectivity index (χ3n) is 8.82. The number of nitrogens with one attached hydrogen (secondary N) is 1. The normalized spacial score (nSPS) is 14.0. The number of hydrogen-bond acceptors (Lipinski definition) is 8. The summed E-state index contributed by atoms with van der Waals surface area (Å²) < 4.78 is 26.6. The summed E-state index contributed by atoms with van der Waals surface area (Å²) in [7, 11) is -0.763. The molecule has 2 unspecified atom stereocenters. The molecular weight excluding hydrogens is 651 g/mol. The molecule has 0 amide bonds. The molecule has 0 spiro atoms. The molecule has 0 radical (unpaired) electrons. The van der Waals surface area contributed by atoms with Crippen LogP contribution < -0.4 is 16.6 Å². The lowest BCUT2D eigenvalue weighted by molar-refractivity contribution is -0.467. The number of nitrogens with two attached hydrogens (primary N) is 2. The zero-order valence-electron chi connectivity index (χ0n) is 28.5. The van der Waals surface area contributed by atoms with E-state index in [4.69, 9.17) is 11.5 Å². The average molecular weight is 693 g/mol. The first-order chi connectivity index (χ1) is 23.8. The van der Waals surface area contributed by atoms with E-state index in [0.29, 0.717) is 33.5 Å². The fourth-order valence-corrected chi connectivity index (χ4v) is 6.51. The second-order valence-electron chi connectivity index (χ2n) is 12.2.